The molecule has 2 fully saturated rings. The van der Waals surface area contributed by atoms with Crippen LogP contribution in [0.2, 0.25) is 0 Å². The van der Waals surface area contributed by atoms with Gasteiger partial charge in [-0.3, -0.25) is 4.90 Å². The minimum Gasteiger partial charge on any atom is -0.312 e. The predicted molar refractivity (Wildman–Crippen MR) is 92.6 cm³/mol. The Balaban J connectivity index is 1.86. The summed E-state index contributed by atoms with van der Waals surface area (Å²) in [4.78, 5) is 2.70. The second-order valence-corrected chi connectivity index (χ2v) is 9.17. The van der Waals surface area contributed by atoms with E-state index < -0.39 is 0 Å². The second-order valence-electron chi connectivity index (χ2n) is 9.17. The molecule has 1 saturated carbocycles. The molecule has 124 valence electrons. The van der Waals surface area contributed by atoms with Crippen LogP contribution in [0.1, 0.15) is 73.1 Å². The van der Waals surface area contributed by atoms with Crippen LogP contribution in [0.4, 0.5) is 0 Å². The maximum absolute atomic E-state index is 3.92. The number of nitrogens with one attached hydrogen (secondary N) is 1. The van der Waals surface area contributed by atoms with E-state index in [4.69, 9.17) is 0 Å². The molecule has 0 spiro atoms. The van der Waals surface area contributed by atoms with Gasteiger partial charge in [-0.05, 0) is 63.3 Å². The van der Waals surface area contributed by atoms with Crippen molar-refractivity contribution in [1.82, 2.24) is 10.2 Å². The summed E-state index contributed by atoms with van der Waals surface area (Å²) in [6.07, 6.45) is 8.58. The van der Waals surface area contributed by atoms with E-state index in [1.165, 1.54) is 58.2 Å². The summed E-state index contributed by atoms with van der Waals surface area (Å²) in [5, 5.41) is 3.92. The SMILES string of the molecule is CC(C)N1CC(CC(C)(C)C)CC(NCC2CCCC2)C1. The third kappa shape index (κ3) is 5.90. The van der Waals surface area contributed by atoms with E-state index in [0.29, 0.717) is 17.5 Å². The monoisotopic (exact) mass is 294 g/mol. The summed E-state index contributed by atoms with van der Waals surface area (Å²) in [7, 11) is 0. The van der Waals surface area contributed by atoms with E-state index in [2.05, 4.69) is 44.8 Å². The first-order chi connectivity index (χ1) is 9.83. The van der Waals surface area contributed by atoms with Crippen LogP contribution in [0.5, 0.6) is 0 Å². The van der Waals surface area contributed by atoms with Crippen molar-refractivity contribution < 1.29 is 0 Å². The minimum absolute atomic E-state index is 0.459. The molecular formula is C19H38N2. The molecule has 0 bridgehead atoms. The number of hydrogen-bond donors (Lipinski definition) is 1. The molecule has 0 radical (unpaired) electrons. The van der Waals surface area contributed by atoms with Gasteiger partial charge in [0.25, 0.3) is 0 Å². The zero-order valence-electron chi connectivity index (χ0n) is 15.1. The average molecular weight is 295 g/mol. The molecule has 0 aromatic rings. The van der Waals surface area contributed by atoms with Gasteiger partial charge in [0.1, 0.15) is 0 Å². The molecule has 0 amide bonds. The lowest BCUT2D eigenvalue weighted by atomic mass is 9.79. The maximum Gasteiger partial charge on any atom is 0.0198 e. The van der Waals surface area contributed by atoms with Gasteiger partial charge in [-0.2, -0.15) is 0 Å². The van der Waals surface area contributed by atoms with Crippen LogP contribution in [0, 0.1) is 17.3 Å². The third-order valence-electron chi connectivity index (χ3n) is 5.37. The highest BCUT2D eigenvalue weighted by molar-refractivity contribution is 4.87. The quantitative estimate of drug-likeness (QED) is 0.813. The Kier molecular flexibility index (Phi) is 6.14. The van der Waals surface area contributed by atoms with Gasteiger partial charge in [-0.1, -0.05) is 33.6 Å². The molecule has 1 N–H and O–H groups in total. The van der Waals surface area contributed by atoms with Crippen molar-refractivity contribution >= 4 is 0 Å². The van der Waals surface area contributed by atoms with E-state index in [1.807, 2.05) is 0 Å². The van der Waals surface area contributed by atoms with Crippen molar-refractivity contribution in [2.45, 2.75) is 85.2 Å². The van der Waals surface area contributed by atoms with Crippen LogP contribution < -0.4 is 5.32 Å². The molecular weight excluding hydrogens is 256 g/mol. The van der Waals surface area contributed by atoms with Crippen molar-refractivity contribution in [3.8, 4) is 0 Å². The molecule has 2 atom stereocenters. The van der Waals surface area contributed by atoms with Crippen molar-refractivity contribution in [3.05, 3.63) is 0 Å². The molecule has 2 nitrogen and oxygen atoms in total. The normalized spacial score (nSPS) is 29.4. The summed E-state index contributed by atoms with van der Waals surface area (Å²) >= 11 is 0. The minimum atomic E-state index is 0.459. The molecule has 21 heavy (non-hydrogen) atoms. The summed E-state index contributed by atoms with van der Waals surface area (Å²) in [5.74, 6) is 1.82. The molecule has 1 saturated heterocycles. The van der Waals surface area contributed by atoms with Crippen LogP contribution in [-0.4, -0.2) is 36.6 Å². The first kappa shape index (κ1) is 17.3. The summed E-state index contributed by atoms with van der Waals surface area (Å²) < 4.78 is 0. The fourth-order valence-electron chi connectivity index (χ4n) is 4.37. The zero-order valence-corrected chi connectivity index (χ0v) is 15.1. The van der Waals surface area contributed by atoms with Gasteiger partial charge in [-0.15, -0.1) is 0 Å². The van der Waals surface area contributed by atoms with Crippen LogP contribution in [0.3, 0.4) is 0 Å². The largest absolute Gasteiger partial charge is 0.312 e. The number of likely N-dealkylation sites (tertiary alicyclic amines) is 1. The Morgan fingerprint density at radius 3 is 2.29 bits per heavy atom. The van der Waals surface area contributed by atoms with E-state index in [0.717, 1.165) is 11.8 Å². The van der Waals surface area contributed by atoms with Gasteiger partial charge in [0.15, 0.2) is 0 Å². The molecule has 2 rings (SSSR count). The van der Waals surface area contributed by atoms with Crippen molar-refractivity contribution in [3.63, 3.8) is 0 Å². The highest BCUT2D eigenvalue weighted by Gasteiger charge is 2.31. The Hall–Kier alpha value is -0.0800. The topological polar surface area (TPSA) is 15.3 Å². The Bertz CT molecular complexity index is 299. The Morgan fingerprint density at radius 2 is 1.71 bits per heavy atom. The van der Waals surface area contributed by atoms with Gasteiger partial charge in [0, 0.05) is 25.2 Å². The van der Waals surface area contributed by atoms with Gasteiger partial charge in [0.05, 0.1) is 0 Å². The number of rotatable bonds is 5. The number of nitrogens with zero attached hydrogens (tertiary/aromatic N) is 1. The van der Waals surface area contributed by atoms with Gasteiger partial charge < -0.3 is 5.32 Å². The summed E-state index contributed by atoms with van der Waals surface area (Å²) in [5.41, 5.74) is 0.459. The van der Waals surface area contributed by atoms with Gasteiger partial charge >= 0.3 is 0 Å². The lowest BCUT2D eigenvalue weighted by molar-refractivity contribution is 0.0887. The molecule has 0 aromatic heterocycles. The number of hydrogen-bond acceptors (Lipinski definition) is 2. The highest BCUT2D eigenvalue weighted by atomic mass is 15.2. The molecule has 2 aliphatic rings. The van der Waals surface area contributed by atoms with Crippen molar-refractivity contribution in [2.75, 3.05) is 19.6 Å². The van der Waals surface area contributed by atoms with E-state index >= 15 is 0 Å². The lowest BCUT2D eigenvalue weighted by Crippen LogP contribution is -2.52. The van der Waals surface area contributed by atoms with Crippen molar-refractivity contribution in [2.24, 2.45) is 17.3 Å². The first-order valence-electron chi connectivity index (χ1n) is 9.31. The summed E-state index contributed by atoms with van der Waals surface area (Å²) in [6, 6.07) is 1.40. The fourth-order valence-corrected chi connectivity index (χ4v) is 4.37. The fraction of sp³-hybridized carbons (Fsp3) is 1.00. The smallest absolute Gasteiger partial charge is 0.0198 e. The molecule has 1 aliphatic heterocycles. The summed E-state index contributed by atoms with van der Waals surface area (Å²) in [6.45, 7) is 15.7. The lowest BCUT2D eigenvalue weighted by Gasteiger charge is -2.42. The number of piperidine rings is 1. The van der Waals surface area contributed by atoms with Crippen LogP contribution in [0.15, 0.2) is 0 Å². The third-order valence-corrected chi connectivity index (χ3v) is 5.37. The average Bonchev–Trinajstić information content (AvgIpc) is 2.87. The predicted octanol–water partition coefficient (Wildman–Crippen LogP) is 4.30. The first-order valence-corrected chi connectivity index (χ1v) is 9.31. The highest BCUT2D eigenvalue weighted by Crippen LogP contribution is 2.31. The Morgan fingerprint density at radius 1 is 1.05 bits per heavy atom. The molecule has 2 heteroatoms. The maximum atomic E-state index is 3.92. The standard InChI is InChI=1S/C19H38N2/c1-15(2)21-13-17(11-19(3,4)5)10-18(14-21)20-12-16-8-6-7-9-16/h15-18,20H,6-14H2,1-5H3. The molecule has 0 aromatic carbocycles. The van der Waals surface area contributed by atoms with Crippen LogP contribution in [0.25, 0.3) is 0 Å². The van der Waals surface area contributed by atoms with E-state index in [-0.39, 0.29) is 0 Å². The second kappa shape index (κ2) is 7.46. The van der Waals surface area contributed by atoms with Gasteiger partial charge in [0.2, 0.25) is 0 Å². The molecule has 1 aliphatic carbocycles. The van der Waals surface area contributed by atoms with Crippen LogP contribution >= 0.6 is 0 Å². The van der Waals surface area contributed by atoms with E-state index in [1.54, 1.807) is 0 Å². The zero-order chi connectivity index (χ0) is 15.5. The van der Waals surface area contributed by atoms with Crippen molar-refractivity contribution in [1.29, 1.82) is 0 Å². The van der Waals surface area contributed by atoms with E-state index in [9.17, 15) is 0 Å². The Labute approximate surface area is 133 Å². The van der Waals surface area contributed by atoms with Gasteiger partial charge in [-0.25, -0.2) is 0 Å². The molecule has 1 heterocycles. The molecule has 2 unspecified atom stereocenters. The van der Waals surface area contributed by atoms with Crippen LogP contribution in [-0.2, 0) is 0 Å².